The smallest absolute Gasteiger partial charge is 0.220 e. The standard InChI is InChI=1S/C98H172N14O2.10ClH/c1-15-19-21-23-25-27-29-31-33-35-37-49-83-55-73-111(71-47-65-107(11)61-41-39-59-105(9)63-45-67-109(83)13)69-43-57-99-97(113)53-51-87-81(7)90-75-89-79(5)85(17-3)93(101-89)76-91-80(6)86(18-4)94(102-91)77-92-82(8)88(96(104-92)78-95(87)103-90)52-54-98(114)100-58-44-70-112-72-48-66-108(12)62-42-40-60-106(10)64-46-68-110(14)84(56-74-112)50-38-36-34-32-30-28-26-24-22-20-16-2;;;;;;;;;;/h75-78,83-84,101-102H,15-74H2,1-14H3,(H,99,113)(H,100,114);10*1H. The number of hydrogen-bond donors (Lipinski definition) is 4. The van der Waals surface area contributed by atoms with Crippen molar-refractivity contribution in [3.8, 4) is 0 Å². The zero-order valence-corrected chi connectivity index (χ0v) is 88.4. The molecule has 0 aliphatic carbocycles. The summed E-state index contributed by atoms with van der Waals surface area (Å²) >= 11 is 0. The Hall–Kier alpha value is -1.88. The van der Waals surface area contributed by atoms with E-state index in [1.165, 1.54) is 254 Å². The third-order valence-corrected chi connectivity index (χ3v) is 26.5. The average Bonchev–Trinajstić information content (AvgIpc) is 1.62. The van der Waals surface area contributed by atoms with E-state index in [-0.39, 0.29) is 136 Å². The second-order valence-electron chi connectivity index (χ2n) is 36.0. The molecule has 0 saturated carbocycles. The summed E-state index contributed by atoms with van der Waals surface area (Å²) in [7, 11) is 14.1. The zero-order valence-electron chi connectivity index (χ0n) is 80.3. The Kier molecular flexibility index (Phi) is 78.2. The lowest BCUT2D eigenvalue weighted by molar-refractivity contribution is -0.121. The van der Waals surface area contributed by atoms with Crippen molar-refractivity contribution < 1.29 is 9.59 Å². The number of carbonyl (C=O) groups is 2. The summed E-state index contributed by atoms with van der Waals surface area (Å²) < 4.78 is 0. The molecule has 4 N–H and O–H groups in total. The first kappa shape index (κ1) is 128. The van der Waals surface area contributed by atoms with Gasteiger partial charge in [-0.05, 0) is 359 Å². The maximum Gasteiger partial charge on any atom is 0.220 e. The van der Waals surface area contributed by atoms with Gasteiger partial charge in [0.1, 0.15) is 0 Å². The fourth-order valence-corrected chi connectivity index (χ4v) is 18.7. The molecular weight excluding hydrogens is 1760 g/mol. The fourth-order valence-electron chi connectivity index (χ4n) is 18.7. The third-order valence-electron chi connectivity index (χ3n) is 26.5. The normalized spacial score (nSPS) is 17.6. The summed E-state index contributed by atoms with van der Waals surface area (Å²) in [5.41, 5.74) is 17.2. The second kappa shape index (κ2) is 75.5. The van der Waals surface area contributed by atoms with Crippen LogP contribution in [0.4, 0.5) is 0 Å². The molecule has 124 heavy (non-hydrogen) atoms. The minimum Gasteiger partial charge on any atom is -0.356 e. The van der Waals surface area contributed by atoms with E-state index in [1.54, 1.807) is 0 Å². The van der Waals surface area contributed by atoms with Gasteiger partial charge in [-0.15, -0.1) is 124 Å². The van der Waals surface area contributed by atoms with Gasteiger partial charge in [0.05, 0.1) is 22.8 Å². The number of aryl methyl sites for hydroxylation is 4. The van der Waals surface area contributed by atoms with Gasteiger partial charge in [0.15, 0.2) is 0 Å². The monoisotopic (exact) mass is 1940 g/mol. The van der Waals surface area contributed by atoms with Crippen LogP contribution in [-0.4, -0.2) is 243 Å². The van der Waals surface area contributed by atoms with Gasteiger partial charge in [-0.3, -0.25) is 9.59 Å². The maximum atomic E-state index is 14.3. The number of nitrogens with one attached hydrogen (secondary N) is 4. The Morgan fingerprint density at radius 3 is 0.984 bits per heavy atom. The number of fused-ring (bicyclic) bond motifs is 8. The summed E-state index contributed by atoms with van der Waals surface area (Å²) in [5.74, 6) is 0.166. The number of aromatic nitrogens is 4. The Morgan fingerprint density at radius 2 is 0.645 bits per heavy atom. The van der Waals surface area contributed by atoms with E-state index in [1.807, 2.05) is 0 Å². The van der Waals surface area contributed by atoms with Gasteiger partial charge in [0.25, 0.3) is 0 Å². The summed E-state index contributed by atoms with van der Waals surface area (Å²) in [6, 6.07) is 10.1. The Balaban J connectivity index is -0.00000720. The number of unbranched alkanes of at least 4 members (excludes halogenated alkanes) is 20. The molecule has 0 spiro atoms. The first-order chi connectivity index (χ1) is 55.4. The molecule has 7 rings (SSSR count). The molecule has 16 nitrogen and oxygen atoms in total. The van der Waals surface area contributed by atoms with Crippen molar-refractivity contribution in [3.05, 3.63) is 69.3 Å². The molecule has 2 unspecified atom stereocenters. The number of rotatable bonds is 40. The summed E-state index contributed by atoms with van der Waals surface area (Å²) in [6.45, 7) is 37.2. The van der Waals surface area contributed by atoms with E-state index in [4.69, 9.17) is 9.97 Å². The number of carbonyl (C=O) groups excluding carboxylic acids is 2. The van der Waals surface area contributed by atoms with Crippen molar-refractivity contribution >= 4 is 180 Å². The van der Waals surface area contributed by atoms with Gasteiger partial charge in [-0.25, -0.2) is 9.97 Å². The Morgan fingerprint density at radius 1 is 0.347 bits per heavy atom. The summed E-state index contributed by atoms with van der Waals surface area (Å²) in [4.78, 5) is 68.4. The number of nitrogens with zero attached hydrogens (tertiary/aromatic N) is 10. The van der Waals surface area contributed by atoms with Gasteiger partial charge in [0, 0.05) is 60.1 Å². The van der Waals surface area contributed by atoms with Crippen molar-refractivity contribution in [1.29, 1.82) is 0 Å². The molecule has 3 aromatic rings. The van der Waals surface area contributed by atoms with E-state index in [9.17, 15) is 9.59 Å². The molecule has 8 bridgehead atoms. The largest absolute Gasteiger partial charge is 0.356 e. The number of amides is 2. The Bertz CT molecular complexity index is 3470. The van der Waals surface area contributed by atoms with Gasteiger partial charge in [0.2, 0.25) is 11.8 Å². The van der Waals surface area contributed by atoms with Gasteiger partial charge < -0.3 is 59.8 Å². The first-order valence-corrected chi connectivity index (χ1v) is 47.7. The average molecular weight is 1940 g/mol. The van der Waals surface area contributed by atoms with Crippen molar-refractivity contribution in [1.82, 2.24) is 69.8 Å². The summed E-state index contributed by atoms with van der Waals surface area (Å²) in [5, 5.41) is 6.83. The molecule has 726 valence electrons. The lowest BCUT2D eigenvalue weighted by atomic mass is 9.98. The lowest BCUT2D eigenvalue weighted by Gasteiger charge is -2.32. The van der Waals surface area contributed by atoms with Crippen LogP contribution in [0.2, 0.25) is 0 Å². The molecule has 4 aliphatic heterocycles. The number of aromatic amines is 2. The van der Waals surface area contributed by atoms with Crippen LogP contribution >= 0.6 is 124 Å². The molecule has 2 amide bonds. The van der Waals surface area contributed by atoms with Gasteiger partial charge >= 0.3 is 0 Å². The molecule has 3 aromatic heterocycles. The van der Waals surface area contributed by atoms with Gasteiger partial charge in [-0.2, -0.15) is 0 Å². The van der Waals surface area contributed by atoms with Crippen molar-refractivity contribution in [2.45, 2.75) is 337 Å². The van der Waals surface area contributed by atoms with Crippen LogP contribution in [0, 0.1) is 13.8 Å². The number of hydrogen-bond acceptors (Lipinski definition) is 12. The second-order valence-corrected chi connectivity index (χ2v) is 36.0. The first-order valence-electron chi connectivity index (χ1n) is 47.7. The van der Waals surface area contributed by atoms with Crippen LogP contribution in [0.25, 0.3) is 44.4 Å². The third kappa shape index (κ3) is 48.2. The highest BCUT2D eigenvalue weighted by molar-refractivity contribution is 5.97. The van der Waals surface area contributed by atoms with Crippen LogP contribution in [0.3, 0.4) is 0 Å². The molecule has 2 atom stereocenters. The van der Waals surface area contributed by atoms with E-state index in [0.717, 1.165) is 184 Å². The maximum absolute atomic E-state index is 14.3. The van der Waals surface area contributed by atoms with E-state index < -0.39 is 0 Å². The quantitative estimate of drug-likeness (QED) is 0.0403. The van der Waals surface area contributed by atoms with Crippen LogP contribution < -0.4 is 10.6 Å². The molecular formula is C98H182Cl10N14O2. The highest BCUT2D eigenvalue weighted by atomic mass is 35.5. The highest BCUT2D eigenvalue weighted by Crippen LogP contribution is 2.39. The predicted octanol–water partition coefficient (Wildman–Crippen LogP) is 25.0. The Labute approximate surface area is 819 Å². The molecule has 2 fully saturated rings. The molecule has 2 saturated heterocycles. The highest BCUT2D eigenvalue weighted by Gasteiger charge is 2.26. The topological polar surface area (TPSA) is 141 Å². The SMILES string of the molecule is CCCCCCCCCCCCCC1CCN(CCCNC(=O)CCC2=C(C)c3cc4[nH]c(cc5[nH]c(cc6nc(cc2n3)C(CCC(=O)NCCCN2CCCN(C)CCCCN(C)CCCN(C)C(CCCCCCCCCCCCC)CC2)=C6C)c(CC)c5C)c(CC)c4C)CCCN(C)CCCCN(C)CCCN1C.Cl.Cl.Cl.Cl.Cl.Cl.Cl.Cl.Cl.Cl. The molecule has 7 heterocycles. The van der Waals surface area contributed by atoms with Crippen LogP contribution in [0.1, 0.15) is 343 Å². The minimum absolute atomic E-state index is 0. The van der Waals surface area contributed by atoms with Crippen molar-refractivity contribution in [2.24, 2.45) is 0 Å². The number of halogens is 10. The van der Waals surface area contributed by atoms with Crippen molar-refractivity contribution in [2.75, 3.05) is 160 Å². The van der Waals surface area contributed by atoms with Gasteiger partial charge in [-0.1, -0.05) is 169 Å². The van der Waals surface area contributed by atoms with E-state index in [2.05, 4.69) is 182 Å². The van der Waals surface area contributed by atoms with Crippen LogP contribution in [-0.2, 0) is 22.4 Å². The summed E-state index contributed by atoms with van der Waals surface area (Å²) in [6.07, 6.45) is 50.6. The molecule has 0 radical (unpaired) electrons. The van der Waals surface area contributed by atoms with E-state index in [0.29, 0.717) is 50.9 Å². The zero-order chi connectivity index (χ0) is 81.7. The van der Waals surface area contributed by atoms with E-state index >= 15 is 0 Å². The number of H-pyrrole nitrogens is 2. The molecule has 26 heteroatoms. The van der Waals surface area contributed by atoms with Crippen molar-refractivity contribution in [3.63, 3.8) is 0 Å². The minimum atomic E-state index is 0. The van der Waals surface area contributed by atoms with Crippen LogP contribution in [0.15, 0.2) is 24.3 Å². The van der Waals surface area contributed by atoms with Crippen LogP contribution in [0.5, 0.6) is 0 Å². The predicted molar refractivity (Wildman–Crippen MR) is 564 cm³/mol. The molecule has 4 aliphatic rings. The molecule has 0 aromatic carbocycles. The fraction of sp³-hybridized carbons (Fsp3) is 0.776. The lowest BCUT2D eigenvalue weighted by Crippen LogP contribution is -2.38. The number of allylic oxidation sites excluding steroid dienone is 4.